The van der Waals surface area contributed by atoms with E-state index < -0.39 is 0 Å². The number of nitrogen functional groups attached to an aromatic ring is 1. The number of ketones is 1. The van der Waals surface area contributed by atoms with Gasteiger partial charge < -0.3 is 30.6 Å². The Labute approximate surface area is 184 Å². The Bertz CT molecular complexity index is 1070. The second kappa shape index (κ2) is 9.23. The first-order chi connectivity index (χ1) is 15.0. The summed E-state index contributed by atoms with van der Waals surface area (Å²) in [5, 5.41) is 7.03. The summed E-state index contributed by atoms with van der Waals surface area (Å²) in [5.41, 5.74) is 7.31. The first-order valence-corrected chi connectivity index (χ1v) is 10.7. The van der Waals surface area contributed by atoms with Crippen LogP contribution in [-0.2, 0) is 0 Å². The summed E-state index contributed by atoms with van der Waals surface area (Å²) in [4.78, 5) is 17.6. The molecule has 0 unspecified atom stereocenters. The lowest BCUT2D eigenvalue weighted by molar-refractivity contribution is 0.104. The second-order valence-electron chi connectivity index (χ2n) is 7.24. The van der Waals surface area contributed by atoms with E-state index >= 15 is 0 Å². The normalized spacial score (nSPS) is 12.2. The SMILES string of the molecule is CC(C)NCCOc1ccc(Nc2nc(N)c(C(=O)c3ccc4c(c3)OCO4)s2)cc1. The molecule has 0 amide bonds. The molecule has 3 aromatic rings. The van der Waals surface area contributed by atoms with Crippen molar-refractivity contribution in [3.63, 3.8) is 0 Å². The molecule has 0 atom stereocenters. The highest BCUT2D eigenvalue weighted by Gasteiger charge is 2.21. The number of ether oxygens (including phenoxy) is 3. The summed E-state index contributed by atoms with van der Waals surface area (Å²) in [6.07, 6.45) is 0. The number of hydrogen-bond donors (Lipinski definition) is 3. The zero-order chi connectivity index (χ0) is 21.8. The van der Waals surface area contributed by atoms with Crippen molar-refractivity contribution in [1.29, 1.82) is 0 Å². The van der Waals surface area contributed by atoms with Crippen molar-refractivity contribution in [1.82, 2.24) is 10.3 Å². The highest BCUT2D eigenvalue weighted by atomic mass is 32.1. The van der Waals surface area contributed by atoms with Gasteiger partial charge in [-0.25, -0.2) is 4.98 Å². The van der Waals surface area contributed by atoms with E-state index in [2.05, 4.69) is 29.5 Å². The molecule has 4 N–H and O–H groups in total. The van der Waals surface area contributed by atoms with Gasteiger partial charge in [0.15, 0.2) is 16.6 Å². The third-order valence-corrected chi connectivity index (χ3v) is 5.51. The van der Waals surface area contributed by atoms with Gasteiger partial charge in [0.1, 0.15) is 23.1 Å². The van der Waals surface area contributed by atoms with Gasteiger partial charge in [0.2, 0.25) is 12.6 Å². The molecule has 0 saturated heterocycles. The number of rotatable bonds is 9. The number of hydrogen-bond acceptors (Lipinski definition) is 9. The van der Waals surface area contributed by atoms with Gasteiger partial charge in [0.05, 0.1) is 0 Å². The Balaban J connectivity index is 1.39. The van der Waals surface area contributed by atoms with Crippen molar-refractivity contribution in [2.45, 2.75) is 19.9 Å². The van der Waals surface area contributed by atoms with Crippen molar-refractivity contribution in [2.75, 3.05) is 31.0 Å². The summed E-state index contributed by atoms with van der Waals surface area (Å²) in [6, 6.07) is 13.0. The van der Waals surface area contributed by atoms with E-state index in [1.807, 2.05) is 24.3 Å². The summed E-state index contributed by atoms with van der Waals surface area (Å²) < 4.78 is 16.3. The van der Waals surface area contributed by atoms with Crippen molar-refractivity contribution in [3.05, 3.63) is 52.9 Å². The predicted molar refractivity (Wildman–Crippen MR) is 121 cm³/mol. The minimum absolute atomic E-state index is 0.155. The predicted octanol–water partition coefficient (Wildman–Crippen LogP) is 3.81. The number of benzene rings is 2. The van der Waals surface area contributed by atoms with Crippen LogP contribution in [0.1, 0.15) is 29.1 Å². The quantitative estimate of drug-likeness (QED) is 0.341. The standard InChI is InChI=1S/C22H24N4O4S/c1-13(2)24-9-10-28-16-6-4-15(5-7-16)25-22-26-21(23)20(31-22)19(27)14-3-8-17-18(11-14)30-12-29-17/h3-8,11,13,24H,9-10,12,23H2,1-2H3,(H,25,26). The van der Waals surface area contributed by atoms with Gasteiger partial charge in [-0.15, -0.1) is 0 Å². The van der Waals surface area contributed by atoms with Crippen LogP contribution in [-0.4, -0.2) is 36.8 Å². The summed E-state index contributed by atoms with van der Waals surface area (Å²) in [7, 11) is 0. The first kappa shape index (κ1) is 21.0. The minimum Gasteiger partial charge on any atom is -0.492 e. The lowest BCUT2D eigenvalue weighted by atomic mass is 10.1. The van der Waals surface area contributed by atoms with Crippen LogP contribution >= 0.6 is 11.3 Å². The zero-order valence-electron chi connectivity index (χ0n) is 17.3. The topological polar surface area (TPSA) is 108 Å². The molecule has 2 aromatic carbocycles. The number of nitrogens with zero attached hydrogens (tertiary/aromatic N) is 1. The van der Waals surface area contributed by atoms with Gasteiger partial charge in [-0.05, 0) is 42.5 Å². The molecule has 162 valence electrons. The Morgan fingerprint density at radius 2 is 1.97 bits per heavy atom. The monoisotopic (exact) mass is 440 g/mol. The summed E-state index contributed by atoms with van der Waals surface area (Å²) >= 11 is 1.21. The Kier molecular flexibility index (Phi) is 6.24. The molecule has 8 nitrogen and oxygen atoms in total. The second-order valence-corrected chi connectivity index (χ2v) is 8.24. The minimum atomic E-state index is -0.208. The van der Waals surface area contributed by atoms with E-state index in [9.17, 15) is 4.79 Å². The van der Waals surface area contributed by atoms with E-state index in [0.717, 1.165) is 18.0 Å². The number of carbonyl (C=O) groups is 1. The molecule has 0 saturated carbocycles. The third-order valence-electron chi connectivity index (χ3n) is 4.52. The Morgan fingerprint density at radius 1 is 1.19 bits per heavy atom. The van der Waals surface area contributed by atoms with Crippen molar-refractivity contribution >= 4 is 33.8 Å². The lowest BCUT2D eigenvalue weighted by Crippen LogP contribution is -2.27. The molecule has 0 spiro atoms. The smallest absolute Gasteiger partial charge is 0.231 e. The molecule has 1 aliphatic heterocycles. The van der Waals surface area contributed by atoms with Crippen LogP contribution in [0.3, 0.4) is 0 Å². The van der Waals surface area contributed by atoms with Crippen molar-refractivity contribution in [3.8, 4) is 17.2 Å². The van der Waals surface area contributed by atoms with Crippen molar-refractivity contribution < 1.29 is 19.0 Å². The molecule has 4 rings (SSSR count). The molecule has 0 fully saturated rings. The molecule has 9 heteroatoms. The van der Waals surface area contributed by atoms with Gasteiger partial charge in [0.25, 0.3) is 0 Å². The number of fused-ring (bicyclic) bond motifs is 1. The van der Waals surface area contributed by atoms with Crippen LogP contribution in [0.4, 0.5) is 16.6 Å². The van der Waals surface area contributed by atoms with Crippen molar-refractivity contribution in [2.24, 2.45) is 0 Å². The average Bonchev–Trinajstić information content (AvgIpc) is 3.37. The molecule has 1 aromatic heterocycles. The molecule has 0 aliphatic carbocycles. The van der Waals surface area contributed by atoms with Crippen LogP contribution in [0.25, 0.3) is 0 Å². The highest BCUT2D eigenvalue weighted by molar-refractivity contribution is 7.18. The maximum Gasteiger partial charge on any atom is 0.231 e. The van der Waals surface area contributed by atoms with Crippen LogP contribution < -0.4 is 30.6 Å². The number of carbonyl (C=O) groups excluding carboxylic acids is 1. The molecule has 1 aliphatic rings. The number of anilines is 3. The Morgan fingerprint density at radius 3 is 2.74 bits per heavy atom. The zero-order valence-corrected chi connectivity index (χ0v) is 18.1. The van der Waals surface area contributed by atoms with Gasteiger partial charge in [0, 0.05) is 23.8 Å². The molecule has 0 bridgehead atoms. The van der Waals surface area contributed by atoms with E-state index in [0.29, 0.717) is 39.7 Å². The number of thiazole rings is 1. The number of aromatic nitrogens is 1. The van der Waals surface area contributed by atoms with Gasteiger partial charge in [-0.3, -0.25) is 4.79 Å². The van der Waals surface area contributed by atoms with E-state index in [1.165, 1.54) is 11.3 Å². The molecular formula is C22H24N4O4S. The van der Waals surface area contributed by atoms with Crippen LogP contribution in [0, 0.1) is 0 Å². The maximum absolute atomic E-state index is 12.9. The van der Waals surface area contributed by atoms with Gasteiger partial charge >= 0.3 is 0 Å². The van der Waals surface area contributed by atoms with Crippen LogP contribution in [0.15, 0.2) is 42.5 Å². The summed E-state index contributed by atoms with van der Waals surface area (Å²) in [5.74, 6) is 1.94. The van der Waals surface area contributed by atoms with Gasteiger partial charge in [-0.2, -0.15) is 0 Å². The van der Waals surface area contributed by atoms with E-state index in [1.54, 1.807) is 18.2 Å². The largest absolute Gasteiger partial charge is 0.492 e. The fraction of sp³-hybridized carbons (Fsp3) is 0.273. The number of nitrogens with two attached hydrogens (primary N) is 1. The lowest BCUT2D eigenvalue weighted by Gasteiger charge is -2.10. The molecule has 0 radical (unpaired) electrons. The molecule has 31 heavy (non-hydrogen) atoms. The molecule has 2 heterocycles. The van der Waals surface area contributed by atoms with E-state index in [4.69, 9.17) is 19.9 Å². The first-order valence-electron chi connectivity index (χ1n) is 9.93. The molecular weight excluding hydrogens is 416 g/mol. The maximum atomic E-state index is 12.9. The summed E-state index contributed by atoms with van der Waals surface area (Å²) in [6.45, 7) is 5.73. The average molecular weight is 441 g/mol. The van der Waals surface area contributed by atoms with Gasteiger partial charge in [-0.1, -0.05) is 25.2 Å². The third kappa shape index (κ3) is 5.07. The van der Waals surface area contributed by atoms with Crippen LogP contribution in [0.5, 0.6) is 17.2 Å². The van der Waals surface area contributed by atoms with Crippen LogP contribution in [0.2, 0.25) is 0 Å². The van der Waals surface area contributed by atoms with E-state index in [-0.39, 0.29) is 18.4 Å². The fourth-order valence-corrected chi connectivity index (χ4v) is 3.86. The highest BCUT2D eigenvalue weighted by Crippen LogP contribution is 2.35. The fourth-order valence-electron chi connectivity index (χ4n) is 2.99. The Hall–Kier alpha value is -3.30. The number of nitrogens with one attached hydrogen (secondary N) is 2.